The van der Waals surface area contributed by atoms with E-state index in [1.54, 1.807) is 6.92 Å². The van der Waals surface area contributed by atoms with Crippen LogP contribution in [0.2, 0.25) is 0 Å². The summed E-state index contributed by atoms with van der Waals surface area (Å²) in [6.45, 7) is 2.83. The van der Waals surface area contributed by atoms with E-state index in [-0.39, 0.29) is 25.2 Å². The zero-order chi connectivity index (χ0) is 17.4. The van der Waals surface area contributed by atoms with Gasteiger partial charge in [-0.1, -0.05) is 18.2 Å². The molecule has 1 unspecified atom stereocenters. The monoisotopic (exact) mass is 386 g/mol. The molecule has 138 valence electrons. The summed E-state index contributed by atoms with van der Waals surface area (Å²) < 4.78 is 29.0. The molecule has 2 aromatic rings. The number of fused-ring (bicyclic) bond motifs is 1. The molecule has 1 aliphatic heterocycles. The van der Waals surface area contributed by atoms with E-state index in [9.17, 15) is 13.2 Å². The molecule has 3 rings (SSSR count). The second kappa shape index (κ2) is 7.35. The molecule has 1 atom stereocenters. The first-order valence-electron chi connectivity index (χ1n) is 8.03. The van der Waals surface area contributed by atoms with E-state index in [1.165, 1.54) is 0 Å². The van der Waals surface area contributed by atoms with Gasteiger partial charge < -0.3 is 15.1 Å². The quantitative estimate of drug-likeness (QED) is 0.840. The second-order valence-electron chi connectivity index (χ2n) is 6.40. The number of hydrogen-bond acceptors (Lipinski definition) is 5. The topological polar surface area (TPSA) is 88.4 Å². The lowest BCUT2D eigenvalue weighted by Gasteiger charge is -2.35. The zero-order valence-electron chi connectivity index (χ0n) is 14.2. The smallest absolute Gasteiger partial charge is 0.242 e. The van der Waals surface area contributed by atoms with E-state index in [0.717, 1.165) is 17.2 Å². The Bertz CT molecular complexity index is 823. The third-order valence-electron chi connectivity index (χ3n) is 4.75. The molecule has 1 amide bonds. The first-order valence-corrected chi connectivity index (χ1v) is 9.92. The minimum Gasteiger partial charge on any atom is -0.459 e. The molecule has 1 aromatic carbocycles. The lowest BCUT2D eigenvalue weighted by Crippen LogP contribution is -2.57. The number of benzene rings is 1. The fraction of sp³-hybridized carbons (Fsp3) is 0.471. The van der Waals surface area contributed by atoms with Gasteiger partial charge in [0.05, 0.1) is 6.04 Å². The Morgan fingerprint density at radius 2 is 1.92 bits per heavy atom. The SMILES string of the molecule is CC(NC(=O)C1(S(C)(=O)=O)CCNCC1)c1cc2ccccc2o1.Cl. The Labute approximate surface area is 153 Å². The largest absolute Gasteiger partial charge is 0.459 e. The molecule has 25 heavy (non-hydrogen) atoms. The fourth-order valence-electron chi connectivity index (χ4n) is 3.21. The third-order valence-corrected chi connectivity index (χ3v) is 6.77. The van der Waals surface area contributed by atoms with Crippen molar-refractivity contribution in [3.63, 3.8) is 0 Å². The average molecular weight is 387 g/mol. The molecule has 8 heteroatoms. The molecular weight excluding hydrogens is 364 g/mol. The molecule has 2 heterocycles. The van der Waals surface area contributed by atoms with Crippen LogP contribution in [0.15, 0.2) is 34.7 Å². The van der Waals surface area contributed by atoms with Gasteiger partial charge >= 0.3 is 0 Å². The normalized spacial score (nSPS) is 18.3. The van der Waals surface area contributed by atoms with Gasteiger partial charge in [-0.2, -0.15) is 0 Å². The molecule has 1 fully saturated rings. The van der Waals surface area contributed by atoms with Gasteiger partial charge in [0.1, 0.15) is 11.3 Å². The highest BCUT2D eigenvalue weighted by molar-refractivity contribution is 7.92. The number of para-hydroxylation sites is 1. The van der Waals surface area contributed by atoms with Crippen molar-refractivity contribution in [1.29, 1.82) is 0 Å². The Balaban J connectivity index is 0.00000225. The van der Waals surface area contributed by atoms with Crippen LogP contribution in [0.25, 0.3) is 11.0 Å². The Morgan fingerprint density at radius 3 is 2.52 bits per heavy atom. The maximum absolute atomic E-state index is 12.8. The average Bonchev–Trinajstić information content (AvgIpc) is 2.98. The Hall–Kier alpha value is -1.57. The summed E-state index contributed by atoms with van der Waals surface area (Å²) >= 11 is 0. The van der Waals surface area contributed by atoms with Crippen molar-refractivity contribution in [3.05, 3.63) is 36.1 Å². The number of hydrogen-bond donors (Lipinski definition) is 2. The van der Waals surface area contributed by atoms with E-state index in [2.05, 4.69) is 10.6 Å². The van der Waals surface area contributed by atoms with Crippen molar-refractivity contribution in [2.45, 2.75) is 30.6 Å². The summed E-state index contributed by atoms with van der Waals surface area (Å²) in [6.07, 6.45) is 1.71. The zero-order valence-corrected chi connectivity index (χ0v) is 15.9. The molecule has 1 saturated heterocycles. The van der Waals surface area contributed by atoms with Crippen LogP contribution >= 0.6 is 12.4 Å². The molecule has 2 N–H and O–H groups in total. The summed E-state index contributed by atoms with van der Waals surface area (Å²) in [7, 11) is -3.52. The standard InChI is InChI=1S/C17H22N2O4S.ClH/c1-12(15-11-13-5-3-4-6-14(13)23-15)19-16(20)17(24(2,21)22)7-9-18-10-8-17;/h3-6,11-12,18H,7-10H2,1-2H3,(H,19,20);1H. The Morgan fingerprint density at radius 1 is 1.28 bits per heavy atom. The minimum absolute atomic E-state index is 0. The van der Waals surface area contributed by atoms with E-state index in [4.69, 9.17) is 4.42 Å². The van der Waals surface area contributed by atoms with Gasteiger partial charge in [-0.05, 0) is 45.0 Å². The molecule has 1 aliphatic rings. The van der Waals surface area contributed by atoms with Crippen LogP contribution < -0.4 is 10.6 Å². The molecule has 0 spiro atoms. The van der Waals surface area contributed by atoms with Crippen molar-refractivity contribution in [3.8, 4) is 0 Å². The van der Waals surface area contributed by atoms with Crippen LogP contribution in [0.4, 0.5) is 0 Å². The number of piperidine rings is 1. The fourth-order valence-corrected chi connectivity index (χ4v) is 4.55. The number of sulfone groups is 1. The third kappa shape index (κ3) is 3.68. The molecular formula is C17H23ClN2O4S. The van der Waals surface area contributed by atoms with E-state index < -0.39 is 26.5 Å². The highest BCUT2D eigenvalue weighted by Crippen LogP contribution is 2.30. The van der Waals surface area contributed by atoms with Crippen LogP contribution in [0.5, 0.6) is 0 Å². The van der Waals surface area contributed by atoms with Gasteiger partial charge in [0.2, 0.25) is 5.91 Å². The number of rotatable bonds is 4. The van der Waals surface area contributed by atoms with Crippen molar-refractivity contribution in [2.24, 2.45) is 0 Å². The summed E-state index contributed by atoms with van der Waals surface area (Å²) in [5.74, 6) is 0.168. The summed E-state index contributed by atoms with van der Waals surface area (Å²) in [5, 5.41) is 6.89. The van der Waals surface area contributed by atoms with Crippen molar-refractivity contribution in [2.75, 3.05) is 19.3 Å². The van der Waals surface area contributed by atoms with Crippen LogP contribution in [0, 0.1) is 0 Å². The van der Waals surface area contributed by atoms with Gasteiger partial charge in [0.25, 0.3) is 0 Å². The molecule has 0 saturated carbocycles. The highest BCUT2D eigenvalue weighted by Gasteiger charge is 2.49. The van der Waals surface area contributed by atoms with Crippen LogP contribution in [0.1, 0.15) is 31.6 Å². The Kier molecular flexibility index (Phi) is 5.81. The number of furan rings is 1. The van der Waals surface area contributed by atoms with Gasteiger partial charge in [-0.15, -0.1) is 12.4 Å². The number of amides is 1. The molecule has 0 aliphatic carbocycles. The van der Waals surface area contributed by atoms with Gasteiger partial charge in [-0.25, -0.2) is 8.42 Å². The lowest BCUT2D eigenvalue weighted by atomic mass is 9.95. The minimum atomic E-state index is -3.52. The maximum atomic E-state index is 12.8. The lowest BCUT2D eigenvalue weighted by molar-refractivity contribution is -0.125. The number of nitrogens with one attached hydrogen (secondary N) is 2. The van der Waals surface area contributed by atoms with E-state index in [1.807, 2.05) is 30.3 Å². The van der Waals surface area contributed by atoms with Crippen molar-refractivity contribution in [1.82, 2.24) is 10.6 Å². The molecule has 0 radical (unpaired) electrons. The summed E-state index contributed by atoms with van der Waals surface area (Å²) in [6, 6.07) is 9.05. The molecule has 0 bridgehead atoms. The van der Waals surface area contributed by atoms with Gasteiger partial charge in [-0.3, -0.25) is 4.79 Å². The van der Waals surface area contributed by atoms with E-state index in [0.29, 0.717) is 18.8 Å². The van der Waals surface area contributed by atoms with Gasteiger partial charge in [0.15, 0.2) is 14.6 Å². The number of halogens is 1. The maximum Gasteiger partial charge on any atom is 0.242 e. The molecule has 1 aromatic heterocycles. The first-order chi connectivity index (χ1) is 11.3. The predicted octanol–water partition coefficient (Wildman–Crippen LogP) is 2.20. The number of carbonyl (C=O) groups excluding carboxylic acids is 1. The predicted molar refractivity (Wildman–Crippen MR) is 99.7 cm³/mol. The highest BCUT2D eigenvalue weighted by atomic mass is 35.5. The first kappa shape index (κ1) is 19.8. The van der Waals surface area contributed by atoms with Crippen LogP contribution in [-0.4, -0.2) is 38.4 Å². The van der Waals surface area contributed by atoms with Gasteiger partial charge in [0, 0.05) is 11.6 Å². The summed E-state index contributed by atoms with van der Waals surface area (Å²) in [4.78, 5) is 12.8. The van der Waals surface area contributed by atoms with Crippen LogP contribution in [-0.2, 0) is 14.6 Å². The number of carbonyl (C=O) groups is 1. The van der Waals surface area contributed by atoms with Crippen molar-refractivity contribution >= 4 is 39.1 Å². The molecule has 6 nitrogen and oxygen atoms in total. The van der Waals surface area contributed by atoms with E-state index >= 15 is 0 Å². The van der Waals surface area contributed by atoms with Crippen molar-refractivity contribution < 1.29 is 17.6 Å². The second-order valence-corrected chi connectivity index (χ2v) is 8.72. The van der Waals surface area contributed by atoms with Crippen LogP contribution in [0.3, 0.4) is 0 Å². The summed E-state index contributed by atoms with van der Waals surface area (Å²) in [5.41, 5.74) is 0.744.